The normalized spacial score (nSPS) is 25.1. The predicted molar refractivity (Wildman–Crippen MR) is 83.7 cm³/mol. The third kappa shape index (κ3) is 2.59. The molecule has 0 aromatic carbocycles. The summed E-state index contributed by atoms with van der Waals surface area (Å²) >= 11 is 1.72. The van der Waals surface area contributed by atoms with E-state index in [0.29, 0.717) is 11.8 Å². The average Bonchev–Trinajstić information content (AvgIpc) is 3.00. The molecule has 0 bridgehead atoms. The number of nitrogens with one attached hydrogen (secondary N) is 1. The lowest BCUT2D eigenvalue weighted by atomic mass is 9.85. The first-order valence-corrected chi connectivity index (χ1v) is 9.04. The molecule has 5 nitrogen and oxygen atoms in total. The first kappa shape index (κ1) is 13.6. The van der Waals surface area contributed by atoms with Crippen molar-refractivity contribution in [2.75, 3.05) is 13.1 Å². The Morgan fingerprint density at radius 1 is 1.29 bits per heavy atom. The van der Waals surface area contributed by atoms with E-state index in [-0.39, 0.29) is 0 Å². The van der Waals surface area contributed by atoms with Gasteiger partial charge in [0.2, 0.25) is 4.96 Å². The lowest BCUT2D eigenvalue weighted by molar-refractivity contribution is 0.278. The maximum absolute atomic E-state index is 4.80. The van der Waals surface area contributed by atoms with Gasteiger partial charge in [-0.2, -0.15) is 9.61 Å². The van der Waals surface area contributed by atoms with Gasteiger partial charge in [0.05, 0.1) is 0 Å². The average molecular weight is 305 g/mol. The summed E-state index contributed by atoms with van der Waals surface area (Å²) < 4.78 is 2.01. The summed E-state index contributed by atoms with van der Waals surface area (Å²) in [5, 5.41) is 18.2. The Kier molecular flexibility index (Phi) is 3.67. The number of hydrogen-bond acceptors (Lipinski definition) is 5. The van der Waals surface area contributed by atoms with Crippen molar-refractivity contribution in [2.45, 2.75) is 51.4 Å². The Morgan fingerprint density at radius 3 is 2.90 bits per heavy atom. The smallest absolute Gasteiger partial charge is 0.234 e. The number of aromatic nitrogens is 4. The number of piperidine rings is 1. The molecular weight excluding hydrogens is 282 g/mol. The van der Waals surface area contributed by atoms with Crippen molar-refractivity contribution >= 4 is 16.3 Å². The number of rotatable bonds is 4. The molecule has 2 aliphatic rings. The zero-order valence-corrected chi connectivity index (χ0v) is 13.4. The molecule has 1 aliphatic carbocycles. The van der Waals surface area contributed by atoms with Crippen LogP contribution in [-0.4, -0.2) is 32.9 Å². The lowest BCUT2D eigenvalue weighted by Crippen LogP contribution is -2.33. The van der Waals surface area contributed by atoms with Gasteiger partial charge in [0.1, 0.15) is 5.01 Å². The van der Waals surface area contributed by atoms with Gasteiger partial charge in [0.15, 0.2) is 5.82 Å². The molecule has 2 aromatic heterocycles. The quantitative estimate of drug-likeness (QED) is 0.943. The molecule has 0 amide bonds. The van der Waals surface area contributed by atoms with Gasteiger partial charge >= 0.3 is 0 Å². The fourth-order valence-electron chi connectivity index (χ4n) is 3.48. The third-order valence-corrected chi connectivity index (χ3v) is 6.08. The van der Waals surface area contributed by atoms with E-state index in [2.05, 4.69) is 22.4 Å². The molecule has 2 atom stereocenters. The summed E-state index contributed by atoms with van der Waals surface area (Å²) in [6, 6.07) is 0. The van der Waals surface area contributed by atoms with Crippen molar-refractivity contribution in [3.05, 3.63) is 10.8 Å². The second-order valence-corrected chi connectivity index (χ2v) is 7.70. The minimum absolute atomic E-state index is 0.593. The van der Waals surface area contributed by atoms with E-state index in [1.165, 1.54) is 50.2 Å². The molecule has 1 N–H and O–H groups in total. The van der Waals surface area contributed by atoms with Crippen molar-refractivity contribution in [3.8, 4) is 0 Å². The van der Waals surface area contributed by atoms with E-state index in [1.807, 2.05) is 4.52 Å². The van der Waals surface area contributed by atoms with E-state index in [9.17, 15) is 0 Å². The summed E-state index contributed by atoms with van der Waals surface area (Å²) in [5.74, 6) is 3.16. The summed E-state index contributed by atoms with van der Waals surface area (Å²) in [7, 11) is 0. The molecule has 3 heterocycles. The number of fused-ring (bicyclic) bond motifs is 1. The molecule has 1 saturated carbocycles. The van der Waals surface area contributed by atoms with E-state index in [0.717, 1.165) is 23.1 Å². The Hall–Kier alpha value is -1.01. The van der Waals surface area contributed by atoms with Crippen LogP contribution in [0.25, 0.3) is 4.96 Å². The zero-order chi connectivity index (χ0) is 14.2. The fraction of sp³-hybridized carbons (Fsp3) is 0.800. The van der Waals surface area contributed by atoms with E-state index < -0.39 is 0 Å². The molecule has 114 valence electrons. The van der Waals surface area contributed by atoms with E-state index in [1.54, 1.807) is 11.3 Å². The number of hydrogen-bond donors (Lipinski definition) is 1. The molecule has 1 saturated heterocycles. The largest absolute Gasteiger partial charge is 0.316 e. The van der Waals surface area contributed by atoms with Crippen molar-refractivity contribution in [1.82, 2.24) is 25.1 Å². The third-order valence-electron chi connectivity index (χ3n) is 5.16. The first-order valence-electron chi connectivity index (χ1n) is 8.23. The Balaban J connectivity index is 1.49. The molecule has 0 spiro atoms. The van der Waals surface area contributed by atoms with Crippen LogP contribution in [0.4, 0.5) is 0 Å². The van der Waals surface area contributed by atoms with Crippen LogP contribution in [0.2, 0.25) is 0 Å². The Bertz CT molecular complexity index is 609. The van der Waals surface area contributed by atoms with Gasteiger partial charge in [-0.05, 0) is 50.6 Å². The first-order chi connectivity index (χ1) is 10.3. The SMILES string of the molecule is CC(Cc1nn2c(C3CCC3)nnc2s1)C1CCCNC1. The molecule has 0 radical (unpaired) electrons. The van der Waals surface area contributed by atoms with Crippen LogP contribution < -0.4 is 5.32 Å². The van der Waals surface area contributed by atoms with Crippen molar-refractivity contribution in [1.29, 1.82) is 0 Å². The topological polar surface area (TPSA) is 55.1 Å². The maximum Gasteiger partial charge on any atom is 0.234 e. The molecule has 21 heavy (non-hydrogen) atoms. The molecular formula is C15H23N5S. The number of nitrogens with zero attached hydrogens (tertiary/aromatic N) is 4. The van der Waals surface area contributed by atoms with Crippen LogP contribution in [0, 0.1) is 11.8 Å². The second kappa shape index (κ2) is 5.65. The van der Waals surface area contributed by atoms with Gasteiger partial charge in [0.25, 0.3) is 0 Å². The monoisotopic (exact) mass is 305 g/mol. The van der Waals surface area contributed by atoms with Crippen LogP contribution in [0.5, 0.6) is 0 Å². The van der Waals surface area contributed by atoms with Crippen molar-refractivity contribution in [3.63, 3.8) is 0 Å². The van der Waals surface area contributed by atoms with Gasteiger partial charge in [-0.1, -0.05) is 24.7 Å². The maximum atomic E-state index is 4.80. The highest BCUT2D eigenvalue weighted by molar-refractivity contribution is 7.16. The predicted octanol–water partition coefficient (Wildman–Crippen LogP) is 2.63. The molecule has 2 fully saturated rings. The van der Waals surface area contributed by atoms with Crippen LogP contribution in [0.3, 0.4) is 0 Å². The fourth-order valence-corrected chi connectivity index (χ4v) is 4.46. The molecule has 6 heteroatoms. The van der Waals surface area contributed by atoms with Crippen LogP contribution in [-0.2, 0) is 6.42 Å². The zero-order valence-electron chi connectivity index (χ0n) is 12.6. The highest BCUT2D eigenvalue weighted by atomic mass is 32.1. The minimum Gasteiger partial charge on any atom is -0.316 e. The van der Waals surface area contributed by atoms with E-state index in [4.69, 9.17) is 5.10 Å². The molecule has 1 aliphatic heterocycles. The molecule has 2 unspecified atom stereocenters. The highest BCUT2D eigenvalue weighted by Gasteiger charge is 2.27. The van der Waals surface area contributed by atoms with E-state index >= 15 is 0 Å². The summed E-state index contributed by atoms with van der Waals surface area (Å²) in [4.78, 5) is 0.973. The second-order valence-electron chi connectivity index (χ2n) is 6.66. The van der Waals surface area contributed by atoms with Crippen molar-refractivity contribution < 1.29 is 0 Å². The lowest BCUT2D eigenvalue weighted by Gasteiger charge is -2.27. The van der Waals surface area contributed by atoms with Crippen LogP contribution >= 0.6 is 11.3 Å². The molecule has 2 aromatic rings. The van der Waals surface area contributed by atoms with Gasteiger partial charge in [0, 0.05) is 12.3 Å². The highest BCUT2D eigenvalue weighted by Crippen LogP contribution is 2.36. The van der Waals surface area contributed by atoms with Crippen molar-refractivity contribution in [2.24, 2.45) is 11.8 Å². The van der Waals surface area contributed by atoms with Gasteiger partial charge in [-0.25, -0.2) is 0 Å². The summed E-state index contributed by atoms with van der Waals surface area (Å²) in [6.07, 6.45) is 7.56. The summed E-state index contributed by atoms with van der Waals surface area (Å²) in [5.41, 5.74) is 0. The Labute approximate surface area is 129 Å². The Morgan fingerprint density at radius 2 is 2.19 bits per heavy atom. The van der Waals surface area contributed by atoms with Gasteiger partial charge < -0.3 is 5.32 Å². The minimum atomic E-state index is 0.593. The molecule has 4 rings (SSSR count). The van der Waals surface area contributed by atoms with Crippen LogP contribution in [0.1, 0.15) is 55.8 Å². The summed E-state index contributed by atoms with van der Waals surface area (Å²) in [6.45, 7) is 4.72. The van der Waals surface area contributed by atoms with Crippen LogP contribution in [0.15, 0.2) is 0 Å². The standard InChI is InChI=1S/C15H23N5S/c1-10(12-6-3-7-16-9-12)8-13-19-20-14(11-4-2-5-11)17-18-15(20)21-13/h10-12,16H,2-9H2,1H3. The van der Waals surface area contributed by atoms with Gasteiger partial charge in [-0.15, -0.1) is 10.2 Å². The van der Waals surface area contributed by atoms with Gasteiger partial charge in [-0.3, -0.25) is 0 Å².